The number of aliphatic hydroxyl groups is 3. The molecule has 5 N–H and O–H groups in total. The fraction of sp³-hybridized carbons (Fsp3) is 0.350. The van der Waals surface area contributed by atoms with E-state index in [0.717, 1.165) is 0 Å². The summed E-state index contributed by atoms with van der Waals surface area (Å²) in [7, 11) is 0. The molecular weight excluding hydrogens is 372 g/mol. The first-order chi connectivity index (χ1) is 12.8. The van der Waals surface area contributed by atoms with Crippen LogP contribution in [0.2, 0.25) is 0 Å². The number of phenolic OH excluding ortho intramolecular Hbond substituents is 2. The van der Waals surface area contributed by atoms with Gasteiger partial charge >= 0.3 is 0 Å². The number of Topliss-reactive ketones (excluding diaryl/α,β-unsaturated/α-hetero) is 1. The van der Waals surface area contributed by atoms with Crippen LogP contribution in [0.15, 0.2) is 24.3 Å². The van der Waals surface area contributed by atoms with Crippen LogP contribution in [-0.4, -0.2) is 42.8 Å². The molecule has 3 aliphatic carbocycles. The van der Waals surface area contributed by atoms with Crippen LogP contribution >= 0.6 is 11.6 Å². The normalized spacial score (nSPS) is 33.4. The molecule has 0 amide bonds. The second-order valence-electron chi connectivity index (χ2n) is 7.55. The highest BCUT2D eigenvalue weighted by Gasteiger charge is 2.58. The van der Waals surface area contributed by atoms with Crippen molar-refractivity contribution in [2.24, 2.45) is 0 Å². The molecule has 5 unspecified atom stereocenters. The molecule has 0 aromatic heterocycles. The highest BCUT2D eigenvalue weighted by atomic mass is 35.5. The summed E-state index contributed by atoms with van der Waals surface area (Å²) >= 11 is 6.26. The first-order valence-corrected chi connectivity index (χ1v) is 9.19. The molecule has 5 rings (SSSR count). The number of carbonyl (C=O) groups excluding carboxylic acids is 1. The highest BCUT2D eigenvalue weighted by Crippen LogP contribution is 2.62. The Labute approximate surface area is 159 Å². The number of alkyl halides is 1. The monoisotopic (exact) mass is 388 g/mol. The quantitative estimate of drug-likeness (QED) is 0.441. The zero-order valence-corrected chi connectivity index (χ0v) is 14.8. The molecule has 27 heavy (non-hydrogen) atoms. The number of benzene rings is 2. The van der Waals surface area contributed by atoms with Gasteiger partial charge in [0.15, 0.2) is 5.78 Å². The minimum atomic E-state index is -1.65. The number of hydrogen-bond acceptors (Lipinski definition) is 6. The number of fused-ring (bicyclic) bond motifs is 2. The third-order valence-corrected chi connectivity index (χ3v) is 6.77. The average Bonchev–Trinajstić information content (AvgIpc) is 2.63. The molecule has 0 spiro atoms. The molecule has 0 fully saturated rings. The van der Waals surface area contributed by atoms with E-state index in [4.69, 9.17) is 11.6 Å². The second kappa shape index (κ2) is 5.23. The van der Waals surface area contributed by atoms with Crippen molar-refractivity contribution in [1.29, 1.82) is 0 Å². The average molecular weight is 389 g/mol. The minimum Gasteiger partial charge on any atom is -0.508 e. The van der Waals surface area contributed by atoms with Gasteiger partial charge in [-0.3, -0.25) is 4.79 Å². The fourth-order valence-electron chi connectivity index (χ4n) is 5.14. The first kappa shape index (κ1) is 17.0. The maximum Gasteiger partial charge on any atom is 0.167 e. The molecule has 5 atom stereocenters. The van der Waals surface area contributed by atoms with Gasteiger partial charge in [0.2, 0.25) is 0 Å². The summed E-state index contributed by atoms with van der Waals surface area (Å²) in [5, 5.41) is 52.6. The van der Waals surface area contributed by atoms with Gasteiger partial charge in [-0.25, -0.2) is 0 Å². The minimum absolute atomic E-state index is 0.00270. The van der Waals surface area contributed by atoms with Crippen molar-refractivity contribution in [3.63, 3.8) is 0 Å². The number of hydrogen-bond donors (Lipinski definition) is 5. The van der Waals surface area contributed by atoms with Crippen molar-refractivity contribution < 1.29 is 30.3 Å². The van der Waals surface area contributed by atoms with E-state index in [-0.39, 0.29) is 46.8 Å². The Kier molecular flexibility index (Phi) is 3.30. The molecule has 0 aliphatic heterocycles. The molecule has 2 aromatic rings. The predicted molar refractivity (Wildman–Crippen MR) is 96.0 cm³/mol. The standard InChI is InChI=1S/C20H17ClO6/c21-17-18(25)14-10(23)3-1-7-8-2-4-9(22)13-11(24)5-6-20(27,15(8)13)16(12(7)14)19(17)26/h1-4,16-19,22-23,25-27H,5-6H2. The Bertz CT molecular complexity index is 1020. The zero-order chi connectivity index (χ0) is 19.2. The summed E-state index contributed by atoms with van der Waals surface area (Å²) in [6.45, 7) is 0. The third kappa shape index (κ3) is 1.88. The lowest BCUT2D eigenvalue weighted by Gasteiger charge is -2.51. The molecule has 0 saturated heterocycles. The number of carbonyl (C=O) groups is 1. The third-order valence-electron chi connectivity index (χ3n) is 6.27. The van der Waals surface area contributed by atoms with Crippen molar-refractivity contribution >= 4 is 17.4 Å². The van der Waals surface area contributed by atoms with Gasteiger partial charge < -0.3 is 25.5 Å². The molecule has 7 heteroatoms. The zero-order valence-electron chi connectivity index (χ0n) is 14.1. The lowest BCUT2D eigenvalue weighted by atomic mass is 9.57. The van der Waals surface area contributed by atoms with Gasteiger partial charge in [0.1, 0.15) is 23.2 Å². The van der Waals surface area contributed by atoms with E-state index in [2.05, 4.69) is 0 Å². The highest BCUT2D eigenvalue weighted by molar-refractivity contribution is 6.21. The van der Waals surface area contributed by atoms with Crippen LogP contribution < -0.4 is 0 Å². The molecule has 0 heterocycles. The molecule has 3 aliphatic rings. The Morgan fingerprint density at radius 1 is 1.00 bits per heavy atom. The number of phenols is 2. The van der Waals surface area contributed by atoms with Gasteiger partial charge in [0.05, 0.1) is 17.0 Å². The Hall–Kier alpha value is -2.12. The van der Waals surface area contributed by atoms with E-state index >= 15 is 0 Å². The Morgan fingerprint density at radius 2 is 1.67 bits per heavy atom. The number of rotatable bonds is 0. The predicted octanol–water partition coefficient (Wildman–Crippen LogP) is 2.04. The van der Waals surface area contributed by atoms with Crippen LogP contribution in [0.1, 0.15) is 51.9 Å². The molecule has 2 aromatic carbocycles. The van der Waals surface area contributed by atoms with Crippen LogP contribution in [-0.2, 0) is 5.60 Å². The molecule has 140 valence electrons. The molecule has 0 saturated carbocycles. The van der Waals surface area contributed by atoms with Gasteiger partial charge in [-0.1, -0.05) is 12.1 Å². The number of halogens is 1. The van der Waals surface area contributed by atoms with Crippen molar-refractivity contribution in [3.05, 3.63) is 46.5 Å². The summed E-state index contributed by atoms with van der Waals surface area (Å²) in [6.07, 6.45) is -2.57. The van der Waals surface area contributed by atoms with Crippen molar-refractivity contribution in [2.75, 3.05) is 0 Å². The van der Waals surface area contributed by atoms with Crippen molar-refractivity contribution in [2.45, 2.75) is 41.9 Å². The molecular formula is C20H17ClO6. The van der Waals surface area contributed by atoms with E-state index in [1.165, 1.54) is 12.1 Å². The van der Waals surface area contributed by atoms with Gasteiger partial charge in [-0.05, 0) is 35.2 Å². The van der Waals surface area contributed by atoms with Crippen LogP contribution in [0.4, 0.5) is 0 Å². The maximum absolute atomic E-state index is 12.5. The van der Waals surface area contributed by atoms with E-state index in [1.54, 1.807) is 12.1 Å². The summed E-state index contributed by atoms with van der Waals surface area (Å²) in [5.41, 5.74) is 0.447. The van der Waals surface area contributed by atoms with Crippen LogP contribution in [0, 0.1) is 0 Å². The van der Waals surface area contributed by atoms with E-state index in [0.29, 0.717) is 16.7 Å². The SMILES string of the molecule is O=C1CCC2(O)c3c(ccc(O)c31)-c1ccc(O)c3c1C2C(O)C(Cl)C3O. The molecule has 0 bridgehead atoms. The second-order valence-corrected chi connectivity index (χ2v) is 8.05. The van der Waals surface area contributed by atoms with Crippen molar-refractivity contribution in [1.82, 2.24) is 0 Å². The Morgan fingerprint density at radius 3 is 2.41 bits per heavy atom. The van der Waals surface area contributed by atoms with Crippen LogP contribution in [0.3, 0.4) is 0 Å². The summed E-state index contributed by atoms with van der Waals surface area (Å²) < 4.78 is 0. The number of aliphatic hydroxyl groups excluding tert-OH is 2. The number of ketones is 1. The number of aromatic hydroxyl groups is 2. The smallest absolute Gasteiger partial charge is 0.167 e. The topological polar surface area (TPSA) is 118 Å². The van der Waals surface area contributed by atoms with E-state index < -0.39 is 29.1 Å². The van der Waals surface area contributed by atoms with Gasteiger partial charge in [0, 0.05) is 23.5 Å². The van der Waals surface area contributed by atoms with E-state index in [9.17, 15) is 30.3 Å². The molecule has 6 nitrogen and oxygen atoms in total. The van der Waals surface area contributed by atoms with Crippen molar-refractivity contribution in [3.8, 4) is 22.6 Å². The summed E-state index contributed by atoms with van der Waals surface area (Å²) in [6, 6.07) is 6.05. The van der Waals surface area contributed by atoms with Gasteiger partial charge in [0.25, 0.3) is 0 Å². The summed E-state index contributed by atoms with van der Waals surface area (Å²) in [5.74, 6) is -1.60. The lowest BCUT2D eigenvalue weighted by molar-refractivity contribution is -0.0690. The molecule has 0 radical (unpaired) electrons. The first-order valence-electron chi connectivity index (χ1n) is 8.75. The van der Waals surface area contributed by atoms with Gasteiger partial charge in [-0.15, -0.1) is 11.6 Å². The maximum atomic E-state index is 12.5. The summed E-state index contributed by atoms with van der Waals surface area (Å²) in [4.78, 5) is 12.5. The van der Waals surface area contributed by atoms with Crippen LogP contribution in [0.5, 0.6) is 11.5 Å². The van der Waals surface area contributed by atoms with Crippen LogP contribution in [0.25, 0.3) is 11.1 Å². The van der Waals surface area contributed by atoms with Gasteiger partial charge in [-0.2, -0.15) is 0 Å². The van der Waals surface area contributed by atoms with E-state index in [1.807, 2.05) is 0 Å². The fourth-order valence-corrected chi connectivity index (χ4v) is 5.41. The Balaban J connectivity index is 1.96. The lowest BCUT2D eigenvalue weighted by Crippen LogP contribution is -2.52. The largest absolute Gasteiger partial charge is 0.508 e.